The van der Waals surface area contributed by atoms with Gasteiger partial charge in [-0.1, -0.05) is 29.8 Å². The Morgan fingerprint density at radius 2 is 1.67 bits per heavy atom. The van der Waals surface area contributed by atoms with Crippen molar-refractivity contribution < 1.29 is 37.0 Å². The highest BCUT2D eigenvalue weighted by Gasteiger charge is 2.64. The molecule has 0 aliphatic carbocycles. The predicted octanol–water partition coefficient (Wildman–Crippen LogP) is 4.35. The van der Waals surface area contributed by atoms with Gasteiger partial charge in [0, 0.05) is 55.5 Å². The quantitative estimate of drug-likeness (QED) is 0.235. The van der Waals surface area contributed by atoms with Crippen molar-refractivity contribution in [3.05, 3.63) is 101 Å². The lowest BCUT2D eigenvalue weighted by atomic mass is 9.81. The summed E-state index contributed by atoms with van der Waals surface area (Å²) in [5.41, 5.74) is -1.48. The number of hydrogen-bond donors (Lipinski definition) is 0. The van der Waals surface area contributed by atoms with Gasteiger partial charge in [0.1, 0.15) is 28.2 Å². The molecule has 1 unspecified atom stereocenters. The maximum Gasteiger partial charge on any atom is 0.274 e. The summed E-state index contributed by atoms with van der Waals surface area (Å²) in [7, 11) is 2.74. The van der Waals surface area contributed by atoms with Crippen LogP contribution in [0, 0.1) is 0 Å². The lowest BCUT2D eigenvalue weighted by Gasteiger charge is -2.41. The Hall–Kier alpha value is -4.85. The van der Waals surface area contributed by atoms with E-state index < -0.39 is 33.6 Å². The molecule has 0 N–H and O–H groups in total. The third-order valence-corrected chi connectivity index (χ3v) is 10.7. The average molecular weight is 707 g/mol. The Bertz CT molecular complexity index is 2010. The van der Waals surface area contributed by atoms with Crippen LogP contribution in [0.2, 0.25) is 5.02 Å². The van der Waals surface area contributed by atoms with Crippen LogP contribution >= 0.6 is 11.6 Å². The van der Waals surface area contributed by atoms with Crippen LogP contribution in [0.3, 0.4) is 0 Å². The topological polar surface area (TPSA) is 128 Å². The molecular weight excluding hydrogens is 672 g/mol. The van der Waals surface area contributed by atoms with Gasteiger partial charge in [-0.25, -0.2) is 17.7 Å². The van der Waals surface area contributed by atoms with E-state index >= 15 is 4.79 Å². The van der Waals surface area contributed by atoms with Crippen molar-refractivity contribution in [2.75, 3.05) is 46.3 Å². The van der Waals surface area contributed by atoms with Gasteiger partial charge in [-0.2, -0.15) is 0 Å². The molecule has 12 nitrogen and oxygen atoms in total. The second-order valence-corrected chi connectivity index (χ2v) is 13.9. The van der Waals surface area contributed by atoms with Crippen molar-refractivity contribution in [1.29, 1.82) is 0 Å². The van der Waals surface area contributed by atoms with Gasteiger partial charge in [-0.3, -0.25) is 14.5 Å². The maximum atomic E-state index is 15.5. The first-order chi connectivity index (χ1) is 23.5. The highest BCUT2D eigenvalue weighted by molar-refractivity contribution is 7.93. The molecule has 49 heavy (non-hydrogen) atoms. The van der Waals surface area contributed by atoms with Crippen LogP contribution in [0.1, 0.15) is 17.5 Å². The molecule has 2 amide bonds. The number of sulfonamides is 1. The number of likely N-dealkylation sites (N-methyl/N-ethyl adjacent to an activating group) is 1. The number of ether oxygens (including phenoxy) is 4. The SMILES string of the molecule is COc1ccc(S(=O)(=O)N2C(=O)C(c3cccnc3OC)(N3C[C@H](Oc4ccccc4)C[C@H]3C(=O)N(C)C)c3cc(Cl)ccc32)c(OC)c1. The number of anilines is 1. The maximum absolute atomic E-state index is 15.5. The molecule has 0 radical (unpaired) electrons. The van der Waals surface area contributed by atoms with Crippen LogP contribution in [0.5, 0.6) is 23.1 Å². The van der Waals surface area contributed by atoms with Crippen molar-refractivity contribution in [1.82, 2.24) is 14.8 Å². The van der Waals surface area contributed by atoms with Gasteiger partial charge >= 0.3 is 0 Å². The zero-order valence-corrected chi connectivity index (χ0v) is 29.1. The molecule has 6 rings (SSSR count). The molecule has 1 fully saturated rings. The van der Waals surface area contributed by atoms with E-state index in [0.717, 1.165) is 4.31 Å². The molecule has 4 aromatic rings. The minimum atomic E-state index is -4.68. The number of halogens is 1. The van der Waals surface area contributed by atoms with Gasteiger partial charge in [-0.05, 0) is 54.6 Å². The third kappa shape index (κ3) is 5.61. The lowest BCUT2D eigenvalue weighted by Crippen LogP contribution is -2.59. The summed E-state index contributed by atoms with van der Waals surface area (Å²) in [6, 6.07) is 20.2. The first kappa shape index (κ1) is 34.0. The summed E-state index contributed by atoms with van der Waals surface area (Å²) < 4.78 is 53.1. The number of hydrogen-bond acceptors (Lipinski definition) is 10. The summed E-state index contributed by atoms with van der Waals surface area (Å²) in [6.07, 6.45) is 1.12. The van der Waals surface area contributed by atoms with Crippen molar-refractivity contribution in [3.63, 3.8) is 0 Å². The van der Waals surface area contributed by atoms with Crippen molar-refractivity contribution in [2.24, 2.45) is 0 Å². The predicted molar refractivity (Wildman–Crippen MR) is 182 cm³/mol. The average Bonchev–Trinajstić information content (AvgIpc) is 3.63. The number of benzene rings is 3. The number of amides is 2. The molecule has 3 aromatic carbocycles. The number of fused-ring (bicyclic) bond motifs is 1. The number of nitrogens with zero attached hydrogens (tertiary/aromatic N) is 4. The molecule has 2 aliphatic rings. The Morgan fingerprint density at radius 1 is 0.918 bits per heavy atom. The van der Waals surface area contributed by atoms with E-state index in [1.807, 2.05) is 18.2 Å². The standard InChI is InChI=1S/C35H35ClN4O8S/c1-38(2)33(41)29-19-25(48-23-10-7-6-8-11-23)21-39(29)35(26-12-9-17-37-32(26)47-5)27-18-22(36)13-15-28(27)40(34(35)42)49(43,44)31-16-14-24(45-3)20-30(31)46-4/h6-18,20,25,29H,19,21H2,1-5H3/t25-,29+,35?/m1/s1. The molecule has 2 aliphatic heterocycles. The second-order valence-electron chi connectivity index (χ2n) is 11.7. The number of para-hydroxylation sites is 1. The van der Waals surface area contributed by atoms with Crippen LogP contribution < -0.4 is 23.3 Å². The number of carbonyl (C=O) groups is 2. The molecular formula is C35H35ClN4O8S. The van der Waals surface area contributed by atoms with Crippen molar-refractivity contribution in [3.8, 4) is 23.1 Å². The Kier molecular flexibility index (Phi) is 9.18. The van der Waals surface area contributed by atoms with E-state index in [1.54, 1.807) is 49.3 Å². The molecule has 0 saturated carbocycles. The minimum absolute atomic E-state index is 0.0303. The number of pyridine rings is 1. The van der Waals surface area contributed by atoms with Gasteiger partial charge in [0.25, 0.3) is 15.9 Å². The van der Waals surface area contributed by atoms with Crippen LogP contribution in [-0.4, -0.2) is 89.1 Å². The lowest BCUT2D eigenvalue weighted by molar-refractivity contribution is -0.138. The zero-order valence-electron chi connectivity index (χ0n) is 27.5. The van der Waals surface area contributed by atoms with Gasteiger partial charge < -0.3 is 23.8 Å². The van der Waals surface area contributed by atoms with Gasteiger partial charge in [-0.15, -0.1) is 0 Å². The van der Waals surface area contributed by atoms with E-state index in [4.69, 9.17) is 30.5 Å². The number of rotatable bonds is 10. The number of likely N-dealkylation sites (tertiary alicyclic amines) is 1. The van der Waals surface area contributed by atoms with E-state index in [0.29, 0.717) is 11.5 Å². The Labute approximate surface area is 289 Å². The molecule has 3 heterocycles. The van der Waals surface area contributed by atoms with E-state index in [9.17, 15) is 13.2 Å². The van der Waals surface area contributed by atoms with Gasteiger partial charge in [0.2, 0.25) is 11.8 Å². The summed E-state index contributed by atoms with van der Waals surface area (Å²) in [5.74, 6) is -0.224. The van der Waals surface area contributed by atoms with E-state index in [2.05, 4.69) is 4.98 Å². The van der Waals surface area contributed by atoms with Crippen LogP contribution in [0.4, 0.5) is 5.69 Å². The summed E-state index contributed by atoms with van der Waals surface area (Å²) in [6.45, 7) is 0.0502. The molecule has 1 saturated heterocycles. The molecule has 0 bridgehead atoms. The summed E-state index contributed by atoms with van der Waals surface area (Å²) in [4.78, 5) is 36.9. The Morgan fingerprint density at radius 3 is 2.35 bits per heavy atom. The Balaban J connectivity index is 1.63. The highest BCUT2D eigenvalue weighted by atomic mass is 35.5. The second kappa shape index (κ2) is 13.2. The number of carbonyl (C=O) groups excluding carboxylic acids is 2. The van der Waals surface area contributed by atoms with Crippen LogP contribution in [-0.2, 0) is 25.2 Å². The largest absolute Gasteiger partial charge is 0.497 e. The van der Waals surface area contributed by atoms with Crippen LogP contribution in [0.15, 0.2) is 90.0 Å². The van der Waals surface area contributed by atoms with Crippen molar-refractivity contribution in [2.45, 2.75) is 29.0 Å². The highest BCUT2D eigenvalue weighted by Crippen LogP contribution is 2.55. The fourth-order valence-corrected chi connectivity index (χ4v) is 8.44. The molecule has 1 aromatic heterocycles. The molecule has 0 spiro atoms. The summed E-state index contributed by atoms with van der Waals surface area (Å²) in [5, 5.41) is 0.242. The summed E-state index contributed by atoms with van der Waals surface area (Å²) >= 11 is 6.63. The normalized spacial score (nSPS) is 20.5. The van der Waals surface area contributed by atoms with Crippen LogP contribution in [0.25, 0.3) is 0 Å². The molecule has 3 atom stereocenters. The first-order valence-electron chi connectivity index (χ1n) is 15.3. The number of methoxy groups -OCH3 is 3. The fourth-order valence-electron chi connectivity index (χ4n) is 6.67. The fraction of sp³-hybridized carbons (Fsp3) is 0.286. The van der Waals surface area contributed by atoms with E-state index in [-0.39, 0.29) is 57.2 Å². The van der Waals surface area contributed by atoms with E-state index in [1.165, 1.54) is 62.8 Å². The molecule has 256 valence electrons. The zero-order chi connectivity index (χ0) is 35.1. The minimum Gasteiger partial charge on any atom is -0.497 e. The smallest absolute Gasteiger partial charge is 0.274 e. The molecule has 14 heteroatoms. The third-order valence-electron chi connectivity index (χ3n) is 8.77. The first-order valence-corrected chi connectivity index (χ1v) is 17.1. The number of aromatic nitrogens is 1. The monoisotopic (exact) mass is 706 g/mol. The van der Waals surface area contributed by atoms with Gasteiger partial charge in [0.15, 0.2) is 5.54 Å². The van der Waals surface area contributed by atoms with Crippen molar-refractivity contribution >= 4 is 39.1 Å². The van der Waals surface area contributed by atoms with Gasteiger partial charge in [0.05, 0.1) is 33.1 Å².